The van der Waals surface area contributed by atoms with Crippen LogP contribution in [0.15, 0.2) is 24.3 Å². The molecule has 1 aromatic rings. The Morgan fingerprint density at radius 2 is 2.14 bits per heavy atom. The molecule has 0 saturated heterocycles. The molecule has 0 aromatic heterocycles. The van der Waals surface area contributed by atoms with Crippen molar-refractivity contribution in [3.63, 3.8) is 0 Å². The molecule has 0 unspecified atom stereocenters. The summed E-state index contributed by atoms with van der Waals surface area (Å²) >= 11 is 0. The van der Waals surface area contributed by atoms with E-state index in [-0.39, 0.29) is 5.56 Å². The summed E-state index contributed by atoms with van der Waals surface area (Å²) in [6, 6.07) is 4.87. The third kappa shape index (κ3) is 2.64. The van der Waals surface area contributed by atoms with E-state index in [2.05, 4.69) is 0 Å². The Balaban J connectivity index is 3.09. The summed E-state index contributed by atoms with van der Waals surface area (Å²) < 4.78 is 25.0. The van der Waals surface area contributed by atoms with E-state index in [1.807, 2.05) is 6.92 Å². The average molecular weight is 197 g/mol. The molecule has 3 heteroatoms. The second-order valence-corrected chi connectivity index (χ2v) is 3.07. The largest absolute Gasteiger partial charge is 0.327 e. The fourth-order valence-corrected chi connectivity index (χ4v) is 1.23. The molecule has 1 rings (SSSR count). The van der Waals surface area contributed by atoms with E-state index >= 15 is 0 Å². The minimum absolute atomic E-state index is 0.0558. The lowest BCUT2D eigenvalue weighted by atomic mass is 10.0. The molecule has 1 nitrogen and oxygen atoms in total. The topological polar surface area (TPSA) is 26.0 Å². The van der Waals surface area contributed by atoms with E-state index < -0.39 is 6.43 Å². The van der Waals surface area contributed by atoms with Gasteiger partial charge in [-0.25, -0.2) is 8.78 Å². The van der Waals surface area contributed by atoms with Gasteiger partial charge in [0.1, 0.15) is 0 Å². The SMILES string of the molecule is Cc1ccc(C(F)F)c(/C=C/CN)c1. The van der Waals surface area contributed by atoms with Crippen LogP contribution in [-0.4, -0.2) is 6.54 Å². The van der Waals surface area contributed by atoms with Crippen molar-refractivity contribution < 1.29 is 8.78 Å². The summed E-state index contributed by atoms with van der Waals surface area (Å²) in [5.41, 5.74) is 6.83. The predicted octanol–water partition coefficient (Wildman–Crippen LogP) is 2.90. The van der Waals surface area contributed by atoms with Gasteiger partial charge in [0.2, 0.25) is 0 Å². The van der Waals surface area contributed by atoms with Gasteiger partial charge in [-0.15, -0.1) is 0 Å². The van der Waals surface area contributed by atoms with Gasteiger partial charge in [-0.1, -0.05) is 35.9 Å². The van der Waals surface area contributed by atoms with Crippen LogP contribution in [0, 0.1) is 6.92 Å². The van der Waals surface area contributed by atoms with Crippen molar-refractivity contribution in [1.29, 1.82) is 0 Å². The van der Waals surface area contributed by atoms with Crippen LogP contribution in [0.25, 0.3) is 6.08 Å². The Morgan fingerprint density at radius 1 is 1.43 bits per heavy atom. The number of hydrogen-bond donors (Lipinski definition) is 1. The summed E-state index contributed by atoms with van der Waals surface area (Å²) in [5.74, 6) is 0. The average Bonchev–Trinajstić information content (AvgIpc) is 2.14. The maximum absolute atomic E-state index is 12.5. The zero-order valence-electron chi connectivity index (χ0n) is 8.00. The maximum Gasteiger partial charge on any atom is 0.264 e. The molecule has 76 valence electrons. The van der Waals surface area contributed by atoms with E-state index in [9.17, 15) is 8.78 Å². The molecule has 0 saturated carbocycles. The van der Waals surface area contributed by atoms with Crippen LogP contribution in [0.5, 0.6) is 0 Å². The highest BCUT2D eigenvalue weighted by molar-refractivity contribution is 5.55. The molecular formula is C11H13F2N. The third-order valence-electron chi connectivity index (χ3n) is 1.91. The molecule has 2 N–H and O–H groups in total. The Bertz CT molecular complexity index is 332. The second-order valence-electron chi connectivity index (χ2n) is 3.07. The van der Waals surface area contributed by atoms with Crippen molar-refractivity contribution in [2.24, 2.45) is 5.73 Å². The number of aryl methyl sites for hydroxylation is 1. The molecule has 0 heterocycles. The van der Waals surface area contributed by atoms with E-state index in [1.165, 1.54) is 6.07 Å². The van der Waals surface area contributed by atoms with Gasteiger partial charge in [0.15, 0.2) is 0 Å². The fraction of sp³-hybridized carbons (Fsp3) is 0.273. The van der Waals surface area contributed by atoms with Gasteiger partial charge in [-0.05, 0) is 12.5 Å². The molecular weight excluding hydrogens is 184 g/mol. The van der Waals surface area contributed by atoms with Gasteiger partial charge in [0.25, 0.3) is 6.43 Å². The van der Waals surface area contributed by atoms with Gasteiger partial charge in [0, 0.05) is 12.1 Å². The Labute approximate surface area is 82.2 Å². The number of halogens is 2. The molecule has 14 heavy (non-hydrogen) atoms. The maximum atomic E-state index is 12.5. The molecule has 0 amide bonds. The van der Waals surface area contributed by atoms with Crippen LogP contribution in [0.1, 0.15) is 23.1 Å². The smallest absolute Gasteiger partial charge is 0.264 e. The molecule has 0 aliphatic rings. The first-order valence-electron chi connectivity index (χ1n) is 4.40. The zero-order chi connectivity index (χ0) is 10.6. The van der Waals surface area contributed by atoms with Gasteiger partial charge in [-0.3, -0.25) is 0 Å². The van der Waals surface area contributed by atoms with Gasteiger partial charge < -0.3 is 5.73 Å². The van der Waals surface area contributed by atoms with Crippen molar-refractivity contribution in [2.75, 3.05) is 6.54 Å². The van der Waals surface area contributed by atoms with Crippen molar-refractivity contribution in [3.05, 3.63) is 41.0 Å². The quantitative estimate of drug-likeness (QED) is 0.792. The van der Waals surface area contributed by atoms with Crippen LogP contribution in [-0.2, 0) is 0 Å². The second kappa shape index (κ2) is 4.86. The van der Waals surface area contributed by atoms with Crippen LogP contribution in [0.2, 0.25) is 0 Å². The van der Waals surface area contributed by atoms with E-state index in [4.69, 9.17) is 5.73 Å². The molecule has 0 bridgehead atoms. The van der Waals surface area contributed by atoms with E-state index in [0.29, 0.717) is 12.1 Å². The lowest BCUT2D eigenvalue weighted by Crippen LogP contribution is -1.94. The number of rotatable bonds is 3. The van der Waals surface area contributed by atoms with Crippen molar-refractivity contribution >= 4 is 6.08 Å². The summed E-state index contributed by atoms with van der Waals surface area (Å²) in [4.78, 5) is 0. The first-order chi connectivity index (χ1) is 6.65. The fourth-order valence-electron chi connectivity index (χ4n) is 1.23. The van der Waals surface area contributed by atoms with E-state index in [1.54, 1.807) is 24.3 Å². The molecule has 0 aliphatic carbocycles. The summed E-state index contributed by atoms with van der Waals surface area (Å²) in [7, 11) is 0. The monoisotopic (exact) mass is 197 g/mol. The molecule has 0 radical (unpaired) electrons. The Hall–Kier alpha value is -1.22. The van der Waals surface area contributed by atoms with Crippen LogP contribution < -0.4 is 5.73 Å². The minimum atomic E-state index is -2.44. The highest BCUT2D eigenvalue weighted by Gasteiger charge is 2.10. The Morgan fingerprint density at radius 3 is 2.71 bits per heavy atom. The van der Waals surface area contributed by atoms with Crippen molar-refractivity contribution in [2.45, 2.75) is 13.3 Å². The minimum Gasteiger partial charge on any atom is -0.327 e. The van der Waals surface area contributed by atoms with Crippen LogP contribution in [0.4, 0.5) is 8.78 Å². The lowest BCUT2D eigenvalue weighted by molar-refractivity contribution is 0.151. The highest BCUT2D eigenvalue weighted by atomic mass is 19.3. The van der Waals surface area contributed by atoms with Gasteiger partial charge >= 0.3 is 0 Å². The number of alkyl halides is 2. The van der Waals surface area contributed by atoms with Crippen LogP contribution >= 0.6 is 0 Å². The first kappa shape index (κ1) is 10.9. The Kier molecular flexibility index (Phi) is 3.77. The molecule has 0 atom stereocenters. The standard InChI is InChI=1S/C11H13F2N/c1-8-4-5-10(11(12)13)9(7-8)3-2-6-14/h2-5,7,11H,6,14H2,1H3/b3-2+. The number of benzene rings is 1. The molecule has 1 aromatic carbocycles. The van der Waals surface area contributed by atoms with Gasteiger partial charge in [-0.2, -0.15) is 0 Å². The van der Waals surface area contributed by atoms with Crippen molar-refractivity contribution in [3.8, 4) is 0 Å². The summed E-state index contributed by atoms with van der Waals surface area (Å²) in [5, 5.41) is 0. The molecule has 0 aliphatic heterocycles. The summed E-state index contributed by atoms with van der Waals surface area (Å²) in [6.45, 7) is 2.23. The van der Waals surface area contributed by atoms with Crippen molar-refractivity contribution in [1.82, 2.24) is 0 Å². The summed E-state index contributed by atoms with van der Waals surface area (Å²) in [6.07, 6.45) is 0.864. The first-order valence-corrected chi connectivity index (χ1v) is 4.40. The normalized spacial score (nSPS) is 11.5. The lowest BCUT2D eigenvalue weighted by Gasteiger charge is -2.05. The highest BCUT2D eigenvalue weighted by Crippen LogP contribution is 2.24. The molecule has 0 spiro atoms. The third-order valence-corrected chi connectivity index (χ3v) is 1.91. The van der Waals surface area contributed by atoms with Gasteiger partial charge in [0.05, 0.1) is 0 Å². The zero-order valence-corrected chi connectivity index (χ0v) is 8.00. The number of nitrogens with two attached hydrogens (primary N) is 1. The van der Waals surface area contributed by atoms with E-state index in [0.717, 1.165) is 5.56 Å². The molecule has 0 fully saturated rings. The number of hydrogen-bond acceptors (Lipinski definition) is 1. The predicted molar refractivity (Wildman–Crippen MR) is 54.2 cm³/mol. The van der Waals surface area contributed by atoms with Crippen LogP contribution in [0.3, 0.4) is 0 Å².